The molecule has 0 aliphatic heterocycles. The maximum atomic E-state index is 10.5. The minimum Gasteiger partial charge on any atom is -0.465 e. The van der Waals surface area contributed by atoms with Crippen molar-refractivity contribution >= 4 is 14.9 Å². The van der Waals surface area contributed by atoms with Crippen molar-refractivity contribution in [2.45, 2.75) is 18.9 Å². The molecule has 0 aromatic carbocycles. The van der Waals surface area contributed by atoms with Crippen LogP contribution in [0.25, 0.3) is 0 Å². The minimum atomic E-state index is -2.48. The predicted octanol–water partition coefficient (Wildman–Crippen LogP) is 1.25. The van der Waals surface area contributed by atoms with Gasteiger partial charge in [0.15, 0.2) is 0 Å². The molecule has 0 heterocycles. The molecule has 0 radical (unpaired) electrons. The summed E-state index contributed by atoms with van der Waals surface area (Å²) in [5, 5.41) is 8.64. The molecule has 1 N–H and O–H groups in total. The number of unbranched alkanes of at least 4 members (excludes halogenated alkanes) is 1. The van der Waals surface area contributed by atoms with Gasteiger partial charge in [-0.05, 0) is 12.8 Å². The van der Waals surface area contributed by atoms with Crippen molar-refractivity contribution in [1.82, 2.24) is 4.90 Å². The molecular formula is C9H21NO5Si. The zero-order chi connectivity index (χ0) is 12.6. The quantitative estimate of drug-likeness (QED) is 0.519. The second-order valence-electron chi connectivity index (χ2n) is 3.46. The molecule has 0 fully saturated rings. The van der Waals surface area contributed by atoms with E-state index < -0.39 is 14.9 Å². The van der Waals surface area contributed by atoms with Gasteiger partial charge >= 0.3 is 14.9 Å². The van der Waals surface area contributed by atoms with Crippen LogP contribution in [0, 0.1) is 0 Å². The number of amides is 1. The Morgan fingerprint density at radius 2 is 1.69 bits per heavy atom. The highest BCUT2D eigenvalue weighted by atomic mass is 28.4. The zero-order valence-corrected chi connectivity index (χ0v) is 11.4. The summed E-state index contributed by atoms with van der Waals surface area (Å²) in [4.78, 5) is 11.8. The van der Waals surface area contributed by atoms with Gasteiger partial charge in [-0.15, -0.1) is 0 Å². The minimum absolute atomic E-state index is 0.511. The van der Waals surface area contributed by atoms with Crippen LogP contribution in [0.2, 0.25) is 6.04 Å². The Bertz CT molecular complexity index is 202. The molecule has 0 unspecified atom stereocenters. The van der Waals surface area contributed by atoms with Crippen molar-refractivity contribution in [3.8, 4) is 0 Å². The molecule has 6 nitrogen and oxygen atoms in total. The van der Waals surface area contributed by atoms with Crippen LogP contribution >= 0.6 is 0 Å². The molecule has 1 amide bonds. The van der Waals surface area contributed by atoms with E-state index in [-0.39, 0.29) is 0 Å². The van der Waals surface area contributed by atoms with E-state index in [9.17, 15) is 4.79 Å². The molecule has 0 aromatic rings. The highest BCUT2D eigenvalue weighted by molar-refractivity contribution is 6.60. The first-order valence-electron chi connectivity index (χ1n) is 5.11. The van der Waals surface area contributed by atoms with Crippen LogP contribution in [0.1, 0.15) is 12.8 Å². The van der Waals surface area contributed by atoms with Gasteiger partial charge in [-0.1, -0.05) is 0 Å². The van der Waals surface area contributed by atoms with E-state index in [1.165, 1.54) is 4.90 Å². The summed E-state index contributed by atoms with van der Waals surface area (Å²) in [6, 6.07) is 0.698. The molecular weight excluding hydrogens is 230 g/mol. The van der Waals surface area contributed by atoms with Crippen LogP contribution in [0.4, 0.5) is 4.79 Å². The predicted molar refractivity (Wildman–Crippen MR) is 61.5 cm³/mol. The van der Waals surface area contributed by atoms with Gasteiger partial charge in [-0.3, -0.25) is 0 Å². The lowest BCUT2D eigenvalue weighted by molar-refractivity contribution is 0.122. The first-order valence-corrected chi connectivity index (χ1v) is 7.04. The Hall–Kier alpha value is -0.633. The molecule has 7 heteroatoms. The molecule has 96 valence electrons. The van der Waals surface area contributed by atoms with E-state index in [4.69, 9.17) is 18.4 Å². The van der Waals surface area contributed by atoms with E-state index in [0.717, 1.165) is 12.8 Å². The fraction of sp³-hybridized carbons (Fsp3) is 0.889. The smallest absolute Gasteiger partial charge is 0.465 e. The summed E-state index contributed by atoms with van der Waals surface area (Å²) in [5.74, 6) is 0. The van der Waals surface area contributed by atoms with Crippen LogP contribution in [-0.2, 0) is 13.3 Å². The lowest BCUT2D eigenvalue weighted by atomic mass is 10.3. The molecule has 0 rings (SSSR count). The molecule has 0 aliphatic carbocycles. The average molecular weight is 251 g/mol. The van der Waals surface area contributed by atoms with E-state index >= 15 is 0 Å². The molecule has 0 saturated heterocycles. The fourth-order valence-electron chi connectivity index (χ4n) is 1.34. The zero-order valence-electron chi connectivity index (χ0n) is 10.4. The third kappa shape index (κ3) is 4.93. The second kappa shape index (κ2) is 7.61. The van der Waals surface area contributed by atoms with E-state index in [0.29, 0.717) is 12.6 Å². The Kier molecular flexibility index (Phi) is 7.31. The normalized spacial score (nSPS) is 11.5. The fourth-order valence-corrected chi connectivity index (χ4v) is 3.14. The summed E-state index contributed by atoms with van der Waals surface area (Å²) < 4.78 is 15.8. The average Bonchev–Trinajstić information content (AvgIpc) is 2.30. The van der Waals surface area contributed by atoms with Gasteiger partial charge < -0.3 is 23.3 Å². The van der Waals surface area contributed by atoms with Gasteiger partial charge in [0.1, 0.15) is 0 Å². The highest BCUT2D eigenvalue weighted by Gasteiger charge is 2.36. The van der Waals surface area contributed by atoms with Crippen molar-refractivity contribution in [1.29, 1.82) is 0 Å². The summed E-state index contributed by atoms with van der Waals surface area (Å²) in [6.45, 7) is 0.511. The maximum absolute atomic E-state index is 10.5. The van der Waals surface area contributed by atoms with Gasteiger partial charge in [0, 0.05) is 41.0 Å². The summed E-state index contributed by atoms with van der Waals surface area (Å²) in [7, 11) is 3.79. The Labute approximate surface area is 97.5 Å². The van der Waals surface area contributed by atoms with Gasteiger partial charge in [-0.25, -0.2) is 4.79 Å². The van der Waals surface area contributed by atoms with Crippen LogP contribution < -0.4 is 0 Å². The molecule has 0 atom stereocenters. The van der Waals surface area contributed by atoms with Crippen LogP contribution in [0.3, 0.4) is 0 Å². The summed E-state index contributed by atoms with van der Waals surface area (Å²) in [6.07, 6.45) is 0.682. The molecule has 0 spiro atoms. The monoisotopic (exact) mass is 251 g/mol. The maximum Gasteiger partial charge on any atom is 0.500 e. The van der Waals surface area contributed by atoms with Crippen molar-refractivity contribution in [3.63, 3.8) is 0 Å². The number of carbonyl (C=O) groups is 1. The first-order chi connectivity index (χ1) is 7.51. The molecule has 0 bridgehead atoms. The standard InChI is InChI=1S/C9H21NO5Si/c1-10(9(11)12)7-5-6-8-16(13-2,14-3)15-4/h5-8H2,1-4H3,(H,11,12). The van der Waals surface area contributed by atoms with Crippen molar-refractivity contribution in [2.75, 3.05) is 34.9 Å². The van der Waals surface area contributed by atoms with Crippen LogP contribution in [0.15, 0.2) is 0 Å². The van der Waals surface area contributed by atoms with E-state index in [1.54, 1.807) is 28.4 Å². The van der Waals surface area contributed by atoms with E-state index in [1.807, 2.05) is 0 Å². The number of rotatable bonds is 8. The molecule has 0 aliphatic rings. The topological polar surface area (TPSA) is 68.2 Å². The van der Waals surface area contributed by atoms with Gasteiger partial charge in [0.05, 0.1) is 0 Å². The molecule has 16 heavy (non-hydrogen) atoms. The highest BCUT2D eigenvalue weighted by Crippen LogP contribution is 2.16. The van der Waals surface area contributed by atoms with Crippen molar-refractivity contribution in [2.24, 2.45) is 0 Å². The molecule has 0 saturated carbocycles. The third-order valence-electron chi connectivity index (χ3n) is 2.49. The van der Waals surface area contributed by atoms with Crippen molar-refractivity contribution < 1.29 is 23.2 Å². The van der Waals surface area contributed by atoms with Gasteiger partial charge in [0.25, 0.3) is 0 Å². The summed E-state index contributed by atoms with van der Waals surface area (Å²) in [5.41, 5.74) is 0. The summed E-state index contributed by atoms with van der Waals surface area (Å²) >= 11 is 0. The second-order valence-corrected chi connectivity index (χ2v) is 6.55. The Balaban J connectivity index is 3.83. The number of carboxylic acid groups (broad SMARTS) is 1. The van der Waals surface area contributed by atoms with Gasteiger partial charge in [-0.2, -0.15) is 0 Å². The lowest BCUT2D eigenvalue weighted by Crippen LogP contribution is -2.42. The lowest BCUT2D eigenvalue weighted by Gasteiger charge is -2.24. The van der Waals surface area contributed by atoms with Crippen LogP contribution in [-0.4, -0.2) is 59.8 Å². The Morgan fingerprint density at radius 3 is 2.06 bits per heavy atom. The largest absolute Gasteiger partial charge is 0.500 e. The molecule has 0 aromatic heterocycles. The number of hydrogen-bond donors (Lipinski definition) is 1. The van der Waals surface area contributed by atoms with Crippen molar-refractivity contribution in [3.05, 3.63) is 0 Å². The van der Waals surface area contributed by atoms with Crippen LogP contribution in [0.5, 0.6) is 0 Å². The SMILES string of the molecule is CO[Si](CCCCN(C)C(=O)O)(OC)OC. The van der Waals surface area contributed by atoms with E-state index in [2.05, 4.69) is 0 Å². The Morgan fingerprint density at radius 1 is 1.19 bits per heavy atom. The third-order valence-corrected chi connectivity index (χ3v) is 5.32. The number of hydrogen-bond acceptors (Lipinski definition) is 4. The van der Waals surface area contributed by atoms with Gasteiger partial charge in [0.2, 0.25) is 0 Å². The first kappa shape index (κ1) is 15.4. The number of nitrogens with zero attached hydrogens (tertiary/aromatic N) is 1.